The van der Waals surface area contributed by atoms with Crippen LogP contribution in [0.3, 0.4) is 0 Å². The molecule has 0 aromatic heterocycles. The Labute approximate surface area is 210 Å². The first-order valence-corrected chi connectivity index (χ1v) is 15.4. The molecule has 6 heteroatoms. The van der Waals surface area contributed by atoms with Crippen LogP contribution in [0.4, 0.5) is 0 Å². The average Bonchev–Trinajstić information content (AvgIpc) is 2.84. The number of esters is 1. The molecule has 0 saturated carbocycles. The normalized spacial score (nSPS) is 24.0. The minimum Gasteiger partial charge on any atom is -0.463 e. The maximum Gasteiger partial charge on any atom is 0.302 e. The summed E-state index contributed by atoms with van der Waals surface area (Å²) in [4.78, 5) is 11.5. The van der Waals surface area contributed by atoms with Crippen molar-refractivity contribution in [1.82, 2.24) is 0 Å². The van der Waals surface area contributed by atoms with Gasteiger partial charge in [-0.1, -0.05) is 92.1 Å². The maximum atomic E-state index is 11.5. The van der Waals surface area contributed by atoms with Gasteiger partial charge < -0.3 is 18.9 Å². The lowest BCUT2D eigenvalue weighted by Crippen LogP contribution is -2.57. The Kier molecular flexibility index (Phi) is 9.71. The predicted octanol–water partition coefficient (Wildman–Crippen LogP) is 4.62. The van der Waals surface area contributed by atoms with Crippen molar-refractivity contribution >= 4 is 14.0 Å². The minimum atomic E-state index is -1.70. The van der Waals surface area contributed by atoms with Crippen molar-refractivity contribution in [3.8, 4) is 23.8 Å². The number of ether oxygens (including phenoxy) is 4. The maximum absolute atomic E-state index is 11.5. The molecule has 2 aromatic carbocycles. The highest BCUT2D eigenvalue weighted by atomic mass is 28.3. The van der Waals surface area contributed by atoms with E-state index in [1.807, 2.05) is 60.7 Å². The van der Waals surface area contributed by atoms with Crippen molar-refractivity contribution in [2.75, 3.05) is 6.61 Å². The Morgan fingerprint density at radius 3 is 1.97 bits per heavy atom. The van der Waals surface area contributed by atoms with E-state index in [2.05, 4.69) is 37.0 Å². The highest BCUT2D eigenvalue weighted by molar-refractivity contribution is 6.83. The highest BCUT2D eigenvalue weighted by Crippen LogP contribution is 2.32. The molecule has 5 nitrogen and oxygen atoms in total. The van der Waals surface area contributed by atoms with Gasteiger partial charge in [-0.25, -0.2) is 0 Å². The van der Waals surface area contributed by atoms with Crippen LogP contribution in [0.15, 0.2) is 60.7 Å². The minimum absolute atomic E-state index is 0.0337. The van der Waals surface area contributed by atoms with E-state index in [9.17, 15) is 4.79 Å². The molecule has 184 valence electrons. The van der Waals surface area contributed by atoms with Gasteiger partial charge in [0.05, 0.1) is 19.1 Å². The average molecular weight is 491 g/mol. The Morgan fingerprint density at radius 1 is 0.943 bits per heavy atom. The molecule has 2 aromatic rings. The van der Waals surface area contributed by atoms with Crippen LogP contribution < -0.4 is 0 Å². The van der Waals surface area contributed by atoms with E-state index in [1.54, 1.807) is 0 Å². The first-order valence-electron chi connectivity index (χ1n) is 11.9. The van der Waals surface area contributed by atoms with Crippen molar-refractivity contribution < 1.29 is 23.7 Å². The molecule has 1 heterocycles. The van der Waals surface area contributed by atoms with Crippen molar-refractivity contribution in [2.45, 2.75) is 64.2 Å². The lowest BCUT2D eigenvalue weighted by atomic mass is 9.87. The van der Waals surface area contributed by atoms with Crippen molar-refractivity contribution in [2.24, 2.45) is 5.92 Å². The van der Waals surface area contributed by atoms with Crippen LogP contribution >= 0.6 is 0 Å². The summed E-state index contributed by atoms with van der Waals surface area (Å²) in [7, 11) is -1.70. The standard InChI is InChI=1S/C29H34O5Si/c1-6-25-27(21-31-22(2)30)34-26(17-18-35(3,4)5)29(33-20-24-15-11-8-12-16-24)28(25)32-19-23-13-9-7-10-14-23/h1,7-16,25-29H,19-21H2,2-5H3/t25-,26+,27-,28+,29+/m1/s1. The molecular weight excluding hydrogens is 456 g/mol. The molecular formula is C29H34O5Si. The molecule has 0 amide bonds. The van der Waals surface area contributed by atoms with Gasteiger partial charge in [-0.05, 0) is 11.1 Å². The van der Waals surface area contributed by atoms with Crippen LogP contribution in [0.1, 0.15) is 18.1 Å². The van der Waals surface area contributed by atoms with Gasteiger partial charge in [0.25, 0.3) is 0 Å². The lowest BCUT2D eigenvalue weighted by molar-refractivity contribution is -0.217. The third-order valence-electron chi connectivity index (χ3n) is 5.50. The summed E-state index contributed by atoms with van der Waals surface area (Å²) in [5.41, 5.74) is 5.46. The van der Waals surface area contributed by atoms with E-state index in [4.69, 9.17) is 25.4 Å². The zero-order valence-electron chi connectivity index (χ0n) is 20.9. The summed E-state index contributed by atoms with van der Waals surface area (Å²) in [6.45, 7) is 8.66. The fourth-order valence-corrected chi connectivity index (χ4v) is 4.38. The smallest absolute Gasteiger partial charge is 0.302 e. The van der Waals surface area contributed by atoms with Gasteiger partial charge in [-0.3, -0.25) is 4.79 Å². The van der Waals surface area contributed by atoms with Crippen molar-refractivity contribution in [1.29, 1.82) is 0 Å². The van der Waals surface area contributed by atoms with E-state index in [0.29, 0.717) is 13.2 Å². The van der Waals surface area contributed by atoms with E-state index in [1.165, 1.54) is 6.92 Å². The number of rotatable bonds is 8. The molecule has 0 aliphatic carbocycles. The molecule has 1 aliphatic rings. The zero-order chi connectivity index (χ0) is 25.3. The monoisotopic (exact) mass is 490 g/mol. The van der Waals surface area contributed by atoms with Gasteiger partial charge in [-0.15, -0.1) is 12.0 Å². The number of carbonyl (C=O) groups excluding carboxylic acids is 1. The fourth-order valence-electron chi connectivity index (χ4n) is 3.80. The Balaban J connectivity index is 1.93. The Hall–Kier alpha value is -2.87. The quantitative estimate of drug-likeness (QED) is 0.307. The molecule has 35 heavy (non-hydrogen) atoms. The molecule has 1 aliphatic heterocycles. The molecule has 0 bridgehead atoms. The summed E-state index contributed by atoms with van der Waals surface area (Å²) < 4.78 is 24.5. The number of hydrogen-bond donors (Lipinski definition) is 0. The van der Waals surface area contributed by atoms with Crippen LogP contribution in [0.2, 0.25) is 19.6 Å². The summed E-state index contributed by atoms with van der Waals surface area (Å²) in [6.07, 6.45) is 3.84. The Morgan fingerprint density at radius 2 is 1.49 bits per heavy atom. The van der Waals surface area contributed by atoms with Crippen LogP contribution in [0.25, 0.3) is 0 Å². The van der Waals surface area contributed by atoms with Gasteiger partial charge in [0.1, 0.15) is 39.1 Å². The predicted molar refractivity (Wildman–Crippen MR) is 139 cm³/mol. The van der Waals surface area contributed by atoms with Crippen LogP contribution in [0, 0.1) is 29.7 Å². The van der Waals surface area contributed by atoms with Crippen LogP contribution in [-0.4, -0.2) is 45.1 Å². The Bertz CT molecular complexity index is 1050. The largest absolute Gasteiger partial charge is 0.463 e. The number of hydrogen-bond acceptors (Lipinski definition) is 5. The van der Waals surface area contributed by atoms with Crippen molar-refractivity contribution in [3.05, 3.63) is 71.8 Å². The van der Waals surface area contributed by atoms with Gasteiger partial charge >= 0.3 is 5.97 Å². The third kappa shape index (κ3) is 8.38. The lowest BCUT2D eigenvalue weighted by Gasteiger charge is -2.43. The second-order valence-electron chi connectivity index (χ2n) is 9.63. The van der Waals surface area contributed by atoms with E-state index >= 15 is 0 Å². The third-order valence-corrected chi connectivity index (χ3v) is 6.40. The number of benzene rings is 2. The van der Waals surface area contributed by atoms with Crippen LogP contribution in [-0.2, 0) is 37.0 Å². The number of terminal acetylenes is 1. The topological polar surface area (TPSA) is 54.0 Å². The van der Waals surface area contributed by atoms with E-state index < -0.39 is 44.4 Å². The van der Waals surface area contributed by atoms with Gasteiger partial charge in [0.15, 0.2) is 0 Å². The second-order valence-corrected chi connectivity index (χ2v) is 14.4. The number of carbonyl (C=O) groups is 1. The van der Waals surface area contributed by atoms with Gasteiger partial charge in [0, 0.05) is 6.92 Å². The fraction of sp³-hybridized carbons (Fsp3) is 0.414. The second kappa shape index (κ2) is 12.7. The first kappa shape index (κ1) is 26.7. The molecule has 1 saturated heterocycles. The summed E-state index contributed by atoms with van der Waals surface area (Å²) >= 11 is 0. The van der Waals surface area contributed by atoms with Gasteiger partial charge in [0.2, 0.25) is 0 Å². The molecule has 0 spiro atoms. The first-order chi connectivity index (χ1) is 16.8. The van der Waals surface area contributed by atoms with Gasteiger partial charge in [-0.2, -0.15) is 0 Å². The van der Waals surface area contributed by atoms with Crippen LogP contribution in [0.5, 0.6) is 0 Å². The molecule has 5 atom stereocenters. The van der Waals surface area contributed by atoms with E-state index in [-0.39, 0.29) is 6.61 Å². The molecule has 3 rings (SSSR count). The molecule has 0 N–H and O–H groups in total. The van der Waals surface area contributed by atoms with E-state index in [0.717, 1.165) is 11.1 Å². The molecule has 1 fully saturated rings. The zero-order valence-corrected chi connectivity index (χ0v) is 21.9. The summed E-state index contributed by atoms with van der Waals surface area (Å²) in [6, 6.07) is 19.8. The summed E-state index contributed by atoms with van der Waals surface area (Å²) in [5, 5.41) is 0. The van der Waals surface area contributed by atoms with Crippen molar-refractivity contribution in [3.63, 3.8) is 0 Å². The SMILES string of the molecule is C#C[C@H]1[C@H](OCc2ccccc2)[C@@H](OCc2ccccc2)[C@H](C#C[Si](C)(C)C)O[C@@H]1COC(C)=O. The molecule has 0 unspecified atom stereocenters. The molecule has 0 radical (unpaired) electrons. The summed E-state index contributed by atoms with van der Waals surface area (Å²) in [5.74, 6) is 5.27. The highest BCUT2D eigenvalue weighted by Gasteiger charge is 2.47.